The van der Waals surface area contributed by atoms with Crippen molar-refractivity contribution in [3.05, 3.63) is 23.8 Å². The van der Waals surface area contributed by atoms with Crippen LogP contribution in [0.25, 0.3) is 0 Å². The van der Waals surface area contributed by atoms with Crippen LogP contribution in [0.4, 0.5) is 0 Å². The van der Waals surface area contributed by atoms with Crippen LogP contribution in [0.2, 0.25) is 0 Å². The van der Waals surface area contributed by atoms with Gasteiger partial charge >= 0.3 is 11.9 Å². The Morgan fingerprint density at radius 3 is 2.43 bits per heavy atom. The van der Waals surface area contributed by atoms with Crippen LogP contribution in [0.1, 0.15) is 6.92 Å². The average Bonchev–Trinajstić information content (AvgIpc) is 2.08. The summed E-state index contributed by atoms with van der Waals surface area (Å²) in [6.45, 7) is 1.31. The molecule has 0 aromatic rings. The van der Waals surface area contributed by atoms with Crippen LogP contribution < -0.4 is 5.73 Å². The monoisotopic (exact) mass is 197 g/mol. The van der Waals surface area contributed by atoms with Crippen LogP contribution in [0.15, 0.2) is 23.8 Å². The molecule has 0 aromatic carbocycles. The molecule has 0 bridgehead atoms. The van der Waals surface area contributed by atoms with Crippen LogP contribution in [-0.2, 0) is 9.59 Å². The molecule has 0 saturated heterocycles. The van der Waals surface area contributed by atoms with E-state index in [1.165, 1.54) is 25.2 Å². The normalized spacial score (nSPS) is 31.0. The van der Waals surface area contributed by atoms with Gasteiger partial charge < -0.3 is 15.9 Å². The molecule has 4 N–H and O–H groups in total. The summed E-state index contributed by atoms with van der Waals surface area (Å²) < 4.78 is 0. The van der Waals surface area contributed by atoms with Crippen molar-refractivity contribution < 1.29 is 19.8 Å². The fourth-order valence-corrected chi connectivity index (χ4v) is 1.37. The largest absolute Gasteiger partial charge is 0.481 e. The number of hydrogen-bond acceptors (Lipinski definition) is 3. The summed E-state index contributed by atoms with van der Waals surface area (Å²) in [7, 11) is 0. The standard InChI is InChI=1S/C9H11NO4/c1-9(8(13)14)5(7(11)12)3-2-4-6(9)10/h2-4,6H,10H2,1H3,(H,11,12)(H,13,14)/t6-,9+/m1/s1. The van der Waals surface area contributed by atoms with Crippen molar-refractivity contribution in [2.45, 2.75) is 13.0 Å². The summed E-state index contributed by atoms with van der Waals surface area (Å²) in [6.07, 6.45) is 4.19. The van der Waals surface area contributed by atoms with E-state index in [0.717, 1.165) is 0 Å². The smallest absolute Gasteiger partial charge is 0.332 e. The van der Waals surface area contributed by atoms with Gasteiger partial charge in [-0.2, -0.15) is 0 Å². The Kier molecular flexibility index (Phi) is 2.44. The van der Waals surface area contributed by atoms with Gasteiger partial charge in [-0.3, -0.25) is 4.79 Å². The fraction of sp³-hybridized carbons (Fsp3) is 0.333. The molecule has 0 radical (unpaired) electrons. The van der Waals surface area contributed by atoms with Gasteiger partial charge in [0, 0.05) is 6.04 Å². The Morgan fingerprint density at radius 1 is 1.50 bits per heavy atom. The Balaban J connectivity index is 3.25. The third-order valence-electron chi connectivity index (χ3n) is 2.48. The summed E-state index contributed by atoms with van der Waals surface area (Å²) in [5.41, 5.74) is 3.82. The third-order valence-corrected chi connectivity index (χ3v) is 2.48. The summed E-state index contributed by atoms with van der Waals surface area (Å²) >= 11 is 0. The number of nitrogens with two attached hydrogens (primary N) is 1. The molecule has 0 saturated carbocycles. The zero-order valence-corrected chi connectivity index (χ0v) is 7.60. The highest BCUT2D eigenvalue weighted by Gasteiger charge is 2.46. The molecule has 0 amide bonds. The molecule has 2 atom stereocenters. The van der Waals surface area contributed by atoms with Gasteiger partial charge in [-0.15, -0.1) is 0 Å². The van der Waals surface area contributed by atoms with Gasteiger partial charge in [0.1, 0.15) is 5.41 Å². The van der Waals surface area contributed by atoms with E-state index in [4.69, 9.17) is 15.9 Å². The number of hydrogen-bond donors (Lipinski definition) is 3. The molecule has 0 unspecified atom stereocenters. The predicted octanol–water partition coefficient (Wildman–Crippen LogP) is -0.0146. The maximum Gasteiger partial charge on any atom is 0.332 e. The number of rotatable bonds is 2. The molecule has 14 heavy (non-hydrogen) atoms. The Morgan fingerprint density at radius 2 is 2.07 bits per heavy atom. The molecular weight excluding hydrogens is 186 g/mol. The van der Waals surface area contributed by atoms with E-state index in [1.807, 2.05) is 0 Å². The predicted molar refractivity (Wildman–Crippen MR) is 48.6 cm³/mol. The number of aliphatic carboxylic acids is 2. The second-order valence-corrected chi connectivity index (χ2v) is 3.30. The van der Waals surface area contributed by atoms with Crippen molar-refractivity contribution in [3.8, 4) is 0 Å². The van der Waals surface area contributed by atoms with Crippen molar-refractivity contribution >= 4 is 11.9 Å². The van der Waals surface area contributed by atoms with Crippen molar-refractivity contribution in [1.82, 2.24) is 0 Å². The van der Waals surface area contributed by atoms with Crippen LogP contribution in [0.3, 0.4) is 0 Å². The third kappa shape index (κ3) is 1.31. The molecule has 0 heterocycles. The van der Waals surface area contributed by atoms with Crippen molar-refractivity contribution in [3.63, 3.8) is 0 Å². The zero-order valence-electron chi connectivity index (χ0n) is 7.60. The SMILES string of the molecule is C[C@]1(C(=O)O)C(C(=O)O)=CC=C[C@H]1N. The van der Waals surface area contributed by atoms with Crippen molar-refractivity contribution in [2.75, 3.05) is 0 Å². The van der Waals surface area contributed by atoms with Crippen LogP contribution in [-0.4, -0.2) is 28.2 Å². The molecule has 0 aromatic heterocycles. The van der Waals surface area contributed by atoms with Gasteiger partial charge in [-0.1, -0.05) is 18.2 Å². The Hall–Kier alpha value is -1.62. The lowest BCUT2D eigenvalue weighted by molar-refractivity contribution is -0.149. The zero-order chi connectivity index (χ0) is 10.9. The second-order valence-electron chi connectivity index (χ2n) is 3.30. The number of carboxylic acid groups (broad SMARTS) is 2. The van der Waals surface area contributed by atoms with E-state index in [9.17, 15) is 9.59 Å². The van der Waals surface area contributed by atoms with Crippen LogP contribution >= 0.6 is 0 Å². The van der Waals surface area contributed by atoms with Gasteiger partial charge in [0.25, 0.3) is 0 Å². The molecule has 1 rings (SSSR count). The summed E-state index contributed by atoms with van der Waals surface area (Å²) in [6, 6.07) is -0.823. The second kappa shape index (κ2) is 3.26. The first-order valence-electron chi connectivity index (χ1n) is 4.02. The van der Waals surface area contributed by atoms with Gasteiger partial charge in [0.05, 0.1) is 5.57 Å². The summed E-state index contributed by atoms with van der Waals surface area (Å²) in [5, 5.41) is 17.8. The van der Waals surface area contributed by atoms with E-state index in [-0.39, 0.29) is 5.57 Å². The van der Waals surface area contributed by atoms with Gasteiger partial charge in [-0.25, -0.2) is 4.79 Å². The summed E-state index contributed by atoms with van der Waals surface area (Å²) in [5.74, 6) is -2.49. The topological polar surface area (TPSA) is 101 Å². The van der Waals surface area contributed by atoms with E-state index < -0.39 is 23.4 Å². The van der Waals surface area contributed by atoms with Crippen LogP contribution in [0.5, 0.6) is 0 Å². The minimum atomic E-state index is -1.55. The molecule has 1 aliphatic rings. The number of carboxylic acids is 2. The first-order chi connectivity index (χ1) is 6.40. The molecule has 0 fully saturated rings. The van der Waals surface area contributed by atoms with Crippen molar-refractivity contribution in [1.29, 1.82) is 0 Å². The number of carbonyl (C=O) groups is 2. The van der Waals surface area contributed by atoms with Crippen molar-refractivity contribution in [2.24, 2.45) is 11.1 Å². The quantitative estimate of drug-likeness (QED) is 0.577. The minimum Gasteiger partial charge on any atom is -0.481 e. The average molecular weight is 197 g/mol. The number of allylic oxidation sites excluding steroid dienone is 2. The summed E-state index contributed by atoms with van der Waals surface area (Å²) in [4.78, 5) is 21.8. The van der Waals surface area contributed by atoms with E-state index in [1.54, 1.807) is 0 Å². The van der Waals surface area contributed by atoms with Gasteiger partial charge in [0.2, 0.25) is 0 Å². The van der Waals surface area contributed by atoms with E-state index in [2.05, 4.69) is 0 Å². The van der Waals surface area contributed by atoms with E-state index >= 15 is 0 Å². The van der Waals surface area contributed by atoms with Gasteiger partial charge in [-0.05, 0) is 6.92 Å². The van der Waals surface area contributed by atoms with Gasteiger partial charge in [0.15, 0.2) is 0 Å². The Bertz CT molecular complexity index is 345. The highest BCUT2D eigenvalue weighted by atomic mass is 16.4. The first kappa shape index (κ1) is 10.5. The maximum absolute atomic E-state index is 11.0. The van der Waals surface area contributed by atoms with E-state index in [0.29, 0.717) is 0 Å². The highest BCUT2D eigenvalue weighted by molar-refractivity contribution is 5.97. The highest BCUT2D eigenvalue weighted by Crippen LogP contribution is 2.34. The lowest BCUT2D eigenvalue weighted by Gasteiger charge is -2.31. The van der Waals surface area contributed by atoms with Crippen LogP contribution in [0, 0.1) is 5.41 Å². The molecule has 5 nitrogen and oxygen atoms in total. The Labute approximate surface area is 80.5 Å². The molecule has 5 heteroatoms. The molecule has 0 spiro atoms. The lowest BCUT2D eigenvalue weighted by atomic mass is 9.73. The molecule has 76 valence electrons. The maximum atomic E-state index is 11.0. The molecule has 0 aliphatic heterocycles. The lowest BCUT2D eigenvalue weighted by Crippen LogP contribution is -2.48. The fourth-order valence-electron chi connectivity index (χ4n) is 1.37. The molecular formula is C9H11NO4. The minimum absolute atomic E-state index is 0.194. The first-order valence-corrected chi connectivity index (χ1v) is 4.02. The molecule has 1 aliphatic carbocycles.